The van der Waals surface area contributed by atoms with Crippen LogP contribution >= 0.6 is 35.4 Å². The number of rotatable bonds is 2. The largest absolute Gasteiger partial charge is 0.299 e. The van der Waals surface area contributed by atoms with Gasteiger partial charge in [0.2, 0.25) is 0 Å². The van der Waals surface area contributed by atoms with Gasteiger partial charge in [-0.15, -0.1) is 5.10 Å². The van der Waals surface area contributed by atoms with Crippen LogP contribution in [0.3, 0.4) is 0 Å². The first kappa shape index (κ1) is 14.6. The maximum atomic E-state index is 11.9. The Hall–Kier alpha value is -1.77. The van der Waals surface area contributed by atoms with E-state index < -0.39 is 5.91 Å². The average molecular weight is 331 g/mol. The van der Waals surface area contributed by atoms with Gasteiger partial charge in [0.25, 0.3) is 11.9 Å². The molecule has 1 amide bonds. The Morgan fingerprint density at radius 2 is 2.10 bits per heavy atom. The molecule has 20 heavy (non-hydrogen) atoms. The van der Waals surface area contributed by atoms with Gasteiger partial charge < -0.3 is 0 Å². The standard InChI is InChI=1S/C10H8Cl2N6OS/c1-18-16-9(15-17-18)14-10(20)13-8(19)5-2-3-6(11)7(12)4-5/h2-4H,1H3,(H2,13,14,16,19,20). The van der Waals surface area contributed by atoms with E-state index in [4.69, 9.17) is 35.4 Å². The first-order valence-corrected chi connectivity index (χ1v) is 6.43. The van der Waals surface area contributed by atoms with Gasteiger partial charge in [-0.2, -0.15) is 4.80 Å². The Bertz CT molecular complexity index is 674. The van der Waals surface area contributed by atoms with Gasteiger partial charge in [0.1, 0.15) is 0 Å². The van der Waals surface area contributed by atoms with Gasteiger partial charge in [-0.3, -0.25) is 15.4 Å². The zero-order valence-electron chi connectivity index (χ0n) is 10.1. The monoisotopic (exact) mass is 330 g/mol. The molecule has 0 atom stereocenters. The number of aromatic nitrogens is 4. The number of hydrogen-bond acceptors (Lipinski definition) is 5. The third kappa shape index (κ3) is 3.62. The molecule has 1 heterocycles. The van der Waals surface area contributed by atoms with Crippen LogP contribution in [0.15, 0.2) is 18.2 Å². The lowest BCUT2D eigenvalue weighted by molar-refractivity contribution is 0.0978. The van der Waals surface area contributed by atoms with Gasteiger partial charge in [0, 0.05) is 5.56 Å². The van der Waals surface area contributed by atoms with E-state index in [0.29, 0.717) is 10.6 Å². The minimum atomic E-state index is -0.426. The van der Waals surface area contributed by atoms with Crippen molar-refractivity contribution in [2.45, 2.75) is 0 Å². The van der Waals surface area contributed by atoms with Crippen LogP contribution in [0, 0.1) is 0 Å². The van der Waals surface area contributed by atoms with Crippen molar-refractivity contribution in [3.05, 3.63) is 33.8 Å². The quantitative estimate of drug-likeness (QED) is 0.814. The number of nitrogens with zero attached hydrogens (tertiary/aromatic N) is 4. The van der Waals surface area contributed by atoms with Crippen LogP contribution in [0.2, 0.25) is 10.0 Å². The number of anilines is 1. The van der Waals surface area contributed by atoms with Crippen LogP contribution < -0.4 is 10.6 Å². The number of hydrogen-bond donors (Lipinski definition) is 2. The second-order valence-electron chi connectivity index (χ2n) is 3.64. The van der Waals surface area contributed by atoms with Gasteiger partial charge >= 0.3 is 0 Å². The first-order chi connectivity index (χ1) is 9.45. The van der Waals surface area contributed by atoms with Crippen molar-refractivity contribution < 1.29 is 4.79 Å². The van der Waals surface area contributed by atoms with E-state index in [-0.39, 0.29) is 16.1 Å². The Kier molecular flexibility index (Phi) is 4.48. The van der Waals surface area contributed by atoms with E-state index >= 15 is 0 Å². The number of amides is 1. The predicted molar refractivity (Wildman–Crippen MR) is 78.9 cm³/mol. The molecule has 0 fully saturated rings. The number of nitrogens with one attached hydrogen (secondary N) is 2. The SMILES string of the molecule is Cn1nnc(NC(=S)NC(=O)c2ccc(Cl)c(Cl)c2)n1. The molecule has 0 radical (unpaired) electrons. The predicted octanol–water partition coefficient (Wildman–Crippen LogP) is 1.64. The highest BCUT2D eigenvalue weighted by atomic mass is 35.5. The van der Waals surface area contributed by atoms with Crippen molar-refractivity contribution in [3.8, 4) is 0 Å². The summed E-state index contributed by atoms with van der Waals surface area (Å²) in [5.41, 5.74) is 0.329. The summed E-state index contributed by atoms with van der Waals surface area (Å²) in [5, 5.41) is 16.9. The molecule has 0 aliphatic rings. The number of thiocarbonyl (C=S) groups is 1. The lowest BCUT2D eigenvalue weighted by Gasteiger charge is -2.07. The van der Waals surface area contributed by atoms with Crippen molar-refractivity contribution in [2.24, 2.45) is 7.05 Å². The molecule has 1 aromatic carbocycles. The molecule has 0 bridgehead atoms. The minimum Gasteiger partial charge on any atom is -0.299 e. The number of carbonyl (C=O) groups is 1. The van der Waals surface area contributed by atoms with E-state index in [0.717, 1.165) is 0 Å². The van der Waals surface area contributed by atoms with Crippen molar-refractivity contribution in [1.29, 1.82) is 0 Å². The smallest absolute Gasteiger partial charge is 0.269 e. The van der Waals surface area contributed by atoms with Crippen LogP contribution in [-0.2, 0) is 7.05 Å². The van der Waals surface area contributed by atoms with E-state index in [1.54, 1.807) is 7.05 Å². The second-order valence-corrected chi connectivity index (χ2v) is 4.86. The number of aryl methyl sites for hydroxylation is 1. The molecule has 2 aromatic rings. The Balaban J connectivity index is 2.00. The van der Waals surface area contributed by atoms with Crippen molar-refractivity contribution in [2.75, 3.05) is 5.32 Å². The van der Waals surface area contributed by atoms with Crippen LogP contribution in [0.5, 0.6) is 0 Å². The van der Waals surface area contributed by atoms with Crippen LogP contribution in [0.1, 0.15) is 10.4 Å². The first-order valence-electron chi connectivity index (χ1n) is 5.27. The summed E-state index contributed by atoms with van der Waals surface area (Å²) in [6.45, 7) is 0. The fraction of sp³-hybridized carbons (Fsp3) is 0.100. The van der Waals surface area contributed by atoms with E-state index in [9.17, 15) is 4.79 Å². The van der Waals surface area contributed by atoms with Crippen molar-refractivity contribution in [1.82, 2.24) is 25.5 Å². The maximum absolute atomic E-state index is 11.9. The van der Waals surface area contributed by atoms with Crippen molar-refractivity contribution in [3.63, 3.8) is 0 Å². The molecule has 10 heteroatoms. The fourth-order valence-corrected chi connectivity index (χ4v) is 1.76. The zero-order chi connectivity index (χ0) is 14.7. The lowest BCUT2D eigenvalue weighted by Crippen LogP contribution is -2.34. The minimum absolute atomic E-state index is 0.0501. The van der Waals surface area contributed by atoms with Gasteiger partial charge in [0.05, 0.1) is 17.1 Å². The van der Waals surface area contributed by atoms with Crippen LogP contribution in [0.4, 0.5) is 5.95 Å². The summed E-state index contributed by atoms with van der Waals surface area (Å²) < 4.78 is 0. The molecular weight excluding hydrogens is 323 g/mol. The van der Waals surface area contributed by atoms with Gasteiger partial charge in [0.15, 0.2) is 5.11 Å². The highest BCUT2D eigenvalue weighted by Gasteiger charge is 2.11. The molecule has 0 saturated heterocycles. The highest BCUT2D eigenvalue weighted by Crippen LogP contribution is 2.22. The lowest BCUT2D eigenvalue weighted by atomic mass is 10.2. The zero-order valence-corrected chi connectivity index (χ0v) is 12.4. The van der Waals surface area contributed by atoms with Crippen molar-refractivity contribution >= 4 is 52.4 Å². The Labute approximate surface area is 129 Å². The molecule has 1 aromatic heterocycles. The normalized spacial score (nSPS) is 10.2. The van der Waals surface area contributed by atoms with Gasteiger partial charge in [-0.05, 0) is 35.6 Å². The Morgan fingerprint density at radius 3 is 2.70 bits per heavy atom. The van der Waals surface area contributed by atoms with E-state index in [2.05, 4.69) is 26.0 Å². The summed E-state index contributed by atoms with van der Waals surface area (Å²) in [7, 11) is 1.61. The molecule has 2 N–H and O–H groups in total. The number of halogens is 2. The van der Waals surface area contributed by atoms with Gasteiger partial charge in [-0.25, -0.2) is 0 Å². The van der Waals surface area contributed by atoms with Crippen LogP contribution in [0.25, 0.3) is 0 Å². The summed E-state index contributed by atoms with van der Waals surface area (Å²) >= 11 is 16.6. The van der Waals surface area contributed by atoms with E-state index in [1.807, 2.05) is 0 Å². The molecule has 2 rings (SSSR count). The molecule has 104 valence electrons. The molecular formula is C10H8Cl2N6OS. The summed E-state index contributed by atoms with van der Waals surface area (Å²) in [6.07, 6.45) is 0. The highest BCUT2D eigenvalue weighted by molar-refractivity contribution is 7.80. The fourth-order valence-electron chi connectivity index (χ4n) is 1.28. The van der Waals surface area contributed by atoms with Gasteiger partial charge in [-0.1, -0.05) is 28.3 Å². The molecule has 0 aliphatic heterocycles. The number of tetrazole rings is 1. The number of benzene rings is 1. The molecule has 0 saturated carbocycles. The molecule has 7 nitrogen and oxygen atoms in total. The maximum Gasteiger partial charge on any atom is 0.269 e. The number of carbonyl (C=O) groups excluding carboxylic acids is 1. The third-order valence-electron chi connectivity index (χ3n) is 2.14. The molecule has 0 aliphatic carbocycles. The second kappa shape index (κ2) is 6.12. The summed E-state index contributed by atoms with van der Waals surface area (Å²) in [4.78, 5) is 13.2. The summed E-state index contributed by atoms with van der Waals surface area (Å²) in [6, 6.07) is 4.51. The third-order valence-corrected chi connectivity index (χ3v) is 3.09. The average Bonchev–Trinajstić information content (AvgIpc) is 2.77. The van der Waals surface area contributed by atoms with E-state index in [1.165, 1.54) is 23.0 Å². The molecule has 0 spiro atoms. The van der Waals surface area contributed by atoms with Crippen LogP contribution in [-0.4, -0.2) is 31.2 Å². The topological polar surface area (TPSA) is 84.7 Å². The Morgan fingerprint density at radius 1 is 1.35 bits per heavy atom. The summed E-state index contributed by atoms with van der Waals surface area (Å²) in [5.74, 6) is -0.239. The molecule has 0 unspecified atom stereocenters.